The summed E-state index contributed by atoms with van der Waals surface area (Å²) in [7, 11) is 1.48. The van der Waals surface area contributed by atoms with Gasteiger partial charge in [0.25, 0.3) is 5.91 Å². The van der Waals surface area contributed by atoms with E-state index in [4.69, 9.17) is 16.3 Å². The Morgan fingerprint density at radius 2 is 1.95 bits per heavy atom. The minimum absolute atomic E-state index is 0.231. The monoisotopic (exact) mass is 259 g/mol. The van der Waals surface area contributed by atoms with Crippen molar-refractivity contribution in [2.45, 2.75) is 0 Å². The number of hydrazine groups is 1. The Morgan fingerprint density at radius 3 is 2.53 bits per heavy atom. The molecule has 0 fully saturated rings. The van der Waals surface area contributed by atoms with Gasteiger partial charge in [0.2, 0.25) is 5.95 Å². The summed E-state index contributed by atoms with van der Waals surface area (Å²) in [6, 6.07) is 6.55. The van der Waals surface area contributed by atoms with Gasteiger partial charge in [0, 0.05) is 12.4 Å². The number of carbonyl (C=O) groups excluding carboxylic acids is 1. The van der Waals surface area contributed by atoms with Gasteiger partial charge in [-0.1, -0.05) is 6.07 Å². The van der Waals surface area contributed by atoms with Gasteiger partial charge in [-0.25, -0.2) is 20.8 Å². The van der Waals surface area contributed by atoms with Crippen molar-refractivity contribution in [1.82, 2.24) is 9.97 Å². The zero-order chi connectivity index (χ0) is 13.8. The van der Waals surface area contributed by atoms with E-state index in [1.54, 1.807) is 36.7 Å². The lowest BCUT2D eigenvalue weighted by atomic mass is 10.1. The van der Waals surface area contributed by atoms with Crippen LogP contribution in [-0.2, 0) is 0 Å². The molecule has 0 atom stereocenters. The van der Waals surface area contributed by atoms with Gasteiger partial charge in [0.05, 0.1) is 12.7 Å². The second-order valence-corrected chi connectivity index (χ2v) is 3.64. The highest BCUT2D eigenvalue weighted by Crippen LogP contribution is 2.33. The molecule has 0 saturated heterocycles. The maximum atomic E-state index is 11.5. The number of benzene rings is 1. The summed E-state index contributed by atoms with van der Waals surface area (Å²) in [4.78, 5) is 19.5. The lowest BCUT2D eigenvalue weighted by molar-refractivity contribution is 0.100. The summed E-state index contributed by atoms with van der Waals surface area (Å²) in [5.74, 6) is 5.98. The molecule has 1 amide bonds. The highest BCUT2D eigenvalue weighted by atomic mass is 16.5. The summed E-state index contributed by atoms with van der Waals surface area (Å²) in [5.41, 5.74) is 5.89. The number of methoxy groups -OCH3 is 1. The molecular formula is C12H13N5O2. The Hall–Kier alpha value is -2.67. The molecule has 0 radical (unpaired) electrons. The first-order valence-corrected chi connectivity index (χ1v) is 5.43. The van der Waals surface area contributed by atoms with E-state index in [0.717, 1.165) is 0 Å². The van der Waals surface area contributed by atoms with Crippen LogP contribution in [0.25, 0.3) is 0 Å². The van der Waals surface area contributed by atoms with Crippen LogP contribution < -0.4 is 21.3 Å². The third kappa shape index (κ3) is 2.45. The van der Waals surface area contributed by atoms with Crippen LogP contribution in [0.4, 0.5) is 11.6 Å². The quantitative estimate of drug-likeness (QED) is 0.614. The number of primary amides is 1. The van der Waals surface area contributed by atoms with Crippen LogP contribution in [0.2, 0.25) is 0 Å². The largest absolute Gasteiger partial charge is 0.494 e. The Morgan fingerprint density at radius 1 is 1.26 bits per heavy atom. The van der Waals surface area contributed by atoms with Gasteiger partial charge in [-0.05, 0) is 18.2 Å². The molecule has 0 unspecified atom stereocenters. The second kappa shape index (κ2) is 5.32. The van der Waals surface area contributed by atoms with Gasteiger partial charge in [0.15, 0.2) is 0 Å². The van der Waals surface area contributed by atoms with Crippen LogP contribution in [0.5, 0.6) is 5.75 Å². The number of carbonyl (C=O) groups is 1. The number of hydrogen-bond acceptors (Lipinski definition) is 6. The molecule has 19 heavy (non-hydrogen) atoms. The number of ether oxygens (including phenoxy) is 1. The fraction of sp³-hybridized carbons (Fsp3) is 0.0833. The summed E-state index contributed by atoms with van der Waals surface area (Å²) in [6.07, 6.45) is 3.09. The lowest BCUT2D eigenvalue weighted by Crippen LogP contribution is -2.30. The predicted molar refractivity (Wildman–Crippen MR) is 69.9 cm³/mol. The third-order valence-electron chi connectivity index (χ3n) is 2.49. The van der Waals surface area contributed by atoms with Gasteiger partial charge in [0.1, 0.15) is 11.4 Å². The van der Waals surface area contributed by atoms with Crippen molar-refractivity contribution in [1.29, 1.82) is 0 Å². The van der Waals surface area contributed by atoms with Crippen molar-refractivity contribution in [3.05, 3.63) is 42.2 Å². The van der Waals surface area contributed by atoms with E-state index in [2.05, 4.69) is 9.97 Å². The van der Waals surface area contributed by atoms with E-state index in [-0.39, 0.29) is 11.5 Å². The molecule has 2 rings (SSSR count). The molecule has 0 bridgehead atoms. The van der Waals surface area contributed by atoms with E-state index in [0.29, 0.717) is 11.4 Å². The van der Waals surface area contributed by atoms with Crippen LogP contribution in [0.1, 0.15) is 10.4 Å². The van der Waals surface area contributed by atoms with E-state index in [1.807, 2.05) is 0 Å². The minimum atomic E-state index is -0.611. The van der Waals surface area contributed by atoms with Gasteiger partial charge < -0.3 is 10.5 Å². The first-order chi connectivity index (χ1) is 9.15. The molecule has 7 heteroatoms. The normalized spacial score (nSPS) is 10.0. The Kier molecular flexibility index (Phi) is 3.58. The van der Waals surface area contributed by atoms with Crippen molar-refractivity contribution in [3.8, 4) is 5.75 Å². The Balaban J connectivity index is 2.57. The molecule has 0 saturated carbocycles. The Bertz CT molecular complexity index is 588. The van der Waals surface area contributed by atoms with E-state index in [9.17, 15) is 4.79 Å². The first kappa shape index (κ1) is 12.8. The fourth-order valence-corrected chi connectivity index (χ4v) is 1.65. The summed E-state index contributed by atoms with van der Waals surface area (Å²) >= 11 is 0. The van der Waals surface area contributed by atoms with Crippen molar-refractivity contribution < 1.29 is 9.53 Å². The maximum Gasteiger partial charge on any atom is 0.251 e. The molecule has 0 aliphatic heterocycles. The van der Waals surface area contributed by atoms with Gasteiger partial charge in [-0.3, -0.25) is 4.79 Å². The lowest BCUT2D eigenvalue weighted by Gasteiger charge is -2.21. The number of para-hydroxylation sites is 1. The second-order valence-electron chi connectivity index (χ2n) is 3.64. The van der Waals surface area contributed by atoms with Crippen LogP contribution in [0, 0.1) is 0 Å². The topological polar surface area (TPSA) is 107 Å². The molecule has 1 heterocycles. The van der Waals surface area contributed by atoms with Gasteiger partial charge in [-0.2, -0.15) is 0 Å². The molecule has 0 spiro atoms. The first-order valence-electron chi connectivity index (χ1n) is 5.43. The number of nitrogens with zero attached hydrogens (tertiary/aromatic N) is 3. The molecule has 4 N–H and O–H groups in total. The van der Waals surface area contributed by atoms with Crippen LogP contribution in [-0.4, -0.2) is 23.0 Å². The average molecular weight is 259 g/mol. The number of amides is 1. The highest BCUT2D eigenvalue weighted by molar-refractivity contribution is 6.00. The summed E-state index contributed by atoms with van der Waals surface area (Å²) in [6.45, 7) is 0. The van der Waals surface area contributed by atoms with E-state index >= 15 is 0 Å². The zero-order valence-electron chi connectivity index (χ0n) is 10.3. The highest BCUT2D eigenvalue weighted by Gasteiger charge is 2.20. The molecule has 1 aromatic carbocycles. The summed E-state index contributed by atoms with van der Waals surface area (Å²) < 4.78 is 5.19. The number of rotatable bonds is 4. The smallest absolute Gasteiger partial charge is 0.251 e. The molecule has 0 aliphatic rings. The van der Waals surface area contributed by atoms with Crippen molar-refractivity contribution in [2.24, 2.45) is 11.6 Å². The number of aromatic nitrogens is 2. The number of hydrogen-bond donors (Lipinski definition) is 2. The predicted octanol–water partition coefficient (Wildman–Crippen LogP) is 0.596. The number of anilines is 2. The average Bonchev–Trinajstić information content (AvgIpc) is 2.46. The molecule has 7 nitrogen and oxygen atoms in total. The zero-order valence-corrected chi connectivity index (χ0v) is 10.3. The maximum absolute atomic E-state index is 11.5. The van der Waals surface area contributed by atoms with Crippen LogP contribution >= 0.6 is 0 Å². The molecule has 0 aliphatic carbocycles. The SMILES string of the molecule is COc1cccc(C(N)=O)c1N(N)c1ncccn1. The number of nitrogens with two attached hydrogens (primary N) is 2. The summed E-state index contributed by atoms with van der Waals surface area (Å²) in [5, 5.41) is 1.17. The van der Waals surface area contributed by atoms with Gasteiger partial charge in [-0.15, -0.1) is 0 Å². The molecule has 2 aromatic rings. The van der Waals surface area contributed by atoms with Crippen LogP contribution in [0.3, 0.4) is 0 Å². The molecule has 98 valence electrons. The van der Waals surface area contributed by atoms with Crippen LogP contribution in [0.15, 0.2) is 36.7 Å². The fourth-order valence-electron chi connectivity index (χ4n) is 1.65. The van der Waals surface area contributed by atoms with Gasteiger partial charge >= 0.3 is 0 Å². The molecule has 1 aromatic heterocycles. The van der Waals surface area contributed by atoms with Crippen molar-refractivity contribution in [3.63, 3.8) is 0 Å². The van der Waals surface area contributed by atoms with E-state index in [1.165, 1.54) is 12.1 Å². The third-order valence-corrected chi connectivity index (χ3v) is 2.49. The minimum Gasteiger partial charge on any atom is -0.494 e. The molecular weight excluding hydrogens is 246 g/mol. The van der Waals surface area contributed by atoms with Crippen molar-refractivity contribution in [2.75, 3.05) is 12.1 Å². The van der Waals surface area contributed by atoms with Crippen molar-refractivity contribution >= 4 is 17.5 Å². The standard InChI is InChI=1S/C12H13N5O2/c1-19-9-5-2-4-8(11(13)18)10(9)17(14)12-15-6-3-7-16-12/h2-7H,14H2,1H3,(H2,13,18). The Labute approximate surface area is 109 Å². The van der Waals surface area contributed by atoms with E-state index < -0.39 is 5.91 Å².